The largest absolute Gasteiger partial charge is 0.485 e. The van der Waals surface area contributed by atoms with Gasteiger partial charge in [0.25, 0.3) is 5.69 Å². The van der Waals surface area contributed by atoms with Crippen LogP contribution >= 0.6 is 15.9 Å². The quantitative estimate of drug-likeness (QED) is 0.661. The van der Waals surface area contributed by atoms with E-state index in [0.717, 1.165) is 0 Å². The average Bonchev–Trinajstić information content (AvgIpc) is 2.84. The van der Waals surface area contributed by atoms with Gasteiger partial charge in [-0.25, -0.2) is 4.79 Å². The minimum absolute atomic E-state index is 0.00510. The lowest BCUT2D eigenvalue weighted by molar-refractivity contribution is -0.385. The molecule has 0 amide bonds. The molecule has 1 aromatic carbocycles. The average molecular weight is 342 g/mol. The zero-order valence-electron chi connectivity index (χ0n) is 9.91. The van der Waals surface area contributed by atoms with Crippen molar-refractivity contribution in [3.63, 3.8) is 0 Å². The van der Waals surface area contributed by atoms with Crippen molar-refractivity contribution in [2.75, 3.05) is 0 Å². The molecule has 0 aliphatic heterocycles. The number of non-ortho nitro benzene ring substituents is 1. The molecule has 0 aliphatic carbocycles. The first-order chi connectivity index (χ1) is 9.47. The molecular formula is C12H8BrNO6. The van der Waals surface area contributed by atoms with Crippen LogP contribution in [-0.2, 0) is 6.61 Å². The number of nitrogens with zero attached hydrogens (tertiary/aromatic N) is 1. The Morgan fingerprint density at radius 3 is 2.85 bits per heavy atom. The van der Waals surface area contributed by atoms with Gasteiger partial charge >= 0.3 is 5.97 Å². The number of carbonyl (C=O) groups is 1. The number of halogens is 1. The molecule has 1 heterocycles. The zero-order chi connectivity index (χ0) is 14.7. The highest BCUT2D eigenvalue weighted by molar-refractivity contribution is 9.10. The molecule has 0 spiro atoms. The highest BCUT2D eigenvalue weighted by Crippen LogP contribution is 2.27. The summed E-state index contributed by atoms with van der Waals surface area (Å²) in [6, 6.07) is 5.43. The first-order valence-electron chi connectivity index (χ1n) is 5.35. The van der Waals surface area contributed by atoms with E-state index in [1.54, 1.807) is 0 Å². The van der Waals surface area contributed by atoms with Crippen LogP contribution in [0.15, 0.2) is 39.4 Å². The Kier molecular flexibility index (Phi) is 4.04. The van der Waals surface area contributed by atoms with Crippen LogP contribution in [-0.4, -0.2) is 16.0 Å². The van der Waals surface area contributed by atoms with Gasteiger partial charge in [0.2, 0.25) is 0 Å². The molecule has 0 saturated carbocycles. The fraction of sp³-hybridized carbons (Fsp3) is 0.0833. The van der Waals surface area contributed by atoms with Gasteiger partial charge in [0.1, 0.15) is 17.9 Å². The van der Waals surface area contributed by atoms with Crippen LogP contribution in [0.5, 0.6) is 5.75 Å². The van der Waals surface area contributed by atoms with Gasteiger partial charge in [-0.1, -0.05) is 15.9 Å². The standard InChI is InChI=1S/C12H8BrNO6/c13-7-3-8(14(17)18)5-9(4-7)20-6-11-10(12(15)16)1-2-19-11/h1-5H,6H2,(H,15,16). The lowest BCUT2D eigenvalue weighted by Gasteiger charge is -2.05. The summed E-state index contributed by atoms with van der Waals surface area (Å²) in [6.45, 7) is -0.137. The predicted molar refractivity (Wildman–Crippen MR) is 70.8 cm³/mol. The minimum Gasteiger partial charge on any atom is -0.485 e. The Morgan fingerprint density at radius 1 is 1.45 bits per heavy atom. The second-order valence-corrected chi connectivity index (χ2v) is 4.67. The first kappa shape index (κ1) is 14.1. The summed E-state index contributed by atoms with van der Waals surface area (Å²) in [4.78, 5) is 21.0. The van der Waals surface area contributed by atoms with Crippen LogP contribution in [0.25, 0.3) is 0 Å². The van der Waals surface area contributed by atoms with E-state index in [1.165, 1.54) is 30.5 Å². The minimum atomic E-state index is -1.13. The molecule has 0 unspecified atom stereocenters. The fourth-order valence-corrected chi connectivity index (χ4v) is 1.99. The van der Waals surface area contributed by atoms with E-state index in [9.17, 15) is 14.9 Å². The summed E-state index contributed by atoms with van der Waals surface area (Å²) < 4.78 is 10.8. The smallest absolute Gasteiger partial charge is 0.339 e. The van der Waals surface area contributed by atoms with E-state index in [1.807, 2.05) is 0 Å². The summed E-state index contributed by atoms with van der Waals surface area (Å²) in [5.74, 6) is -0.753. The van der Waals surface area contributed by atoms with Gasteiger partial charge in [0.05, 0.1) is 17.3 Å². The maximum absolute atomic E-state index is 10.9. The highest BCUT2D eigenvalue weighted by atomic mass is 79.9. The SMILES string of the molecule is O=C(O)c1ccoc1COc1cc(Br)cc([N+](=O)[O-])c1. The van der Waals surface area contributed by atoms with Crippen LogP contribution < -0.4 is 4.74 Å². The number of benzene rings is 1. The molecule has 0 atom stereocenters. The lowest BCUT2D eigenvalue weighted by Crippen LogP contribution is -2.02. The van der Waals surface area contributed by atoms with Crippen LogP contribution in [0, 0.1) is 10.1 Å². The number of ether oxygens (including phenoxy) is 1. The van der Waals surface area contributed by atoms with Crippen molar-refractivity contribution in [3.05, 3.63) is 56.4 Å². The first-order valence-corrected chi connectivity index (χ1v) is 6.14. The topological polar surface area (TPSA) is 103 Å². The molecule has 0 saturated heterocycles. The number of aromatic carboxylic acids is 1. The second kappa shape index (κ2) is 5.74. The van der Waals surface area contributed by atoms with E-state index in [2.05, 4.69) is 15.9 Å². The number of nitro groups is 1. The van der Waals surface area contributed by atoms with E-state index >= 15 is 0 Å². The van der Waals surface area contributed by atoms with Crippen LogP contribution in [0.1, 0.15) is 16.1 Å². The third-order valence-electron chi connectivity index (χ3n) is 2.41. The fourth-order valence-electron chi connectivity index (χ4n) is 1.53. The molecule has 20 heavy (non-hydrogen) atoms. The van der Waals surface area contributed by atoms with E-state index < -0.39 is 10.9 Å². The van der Waals surface area contributed by atoms with Crippen molar-refractivity contribution in [3.8, 4) is 5.75 Å². The molecule has 0 radical (unpaired) electrons. The van der Waals surface area contributed by atoms with Crippen molar-refractivity contribution >= 4 is 27.6 Å². The summed E-state index contributed by atoms with van der Waals surface area (Å²) in [6.07, 6.45) is 1.24. The summed E-state index contributed by atoms with van der Waals surface area (Å²) >= 11 is 3.14. The molecular weight excluding hydrogens is 334 g/mol. The van der Waals surface area contributed by atoms with Crippen LogP contribution in [0.2, 0.25) is 0 Å². The van der Waals surface area contributed by atoms with Crippen molar-refractivity contribution in [2.24, 2.45) is 0 Å². The number of hydrogen-bond donors (Lipinski definition) is 1. The number of carboxylic acids is 1. The molecule has 8 heteroatoms. The Labute approximate surface area is 121 Å². The molecule has 7 nitrogen and oxygen atoms in total. The van der Waals surface area contributed by atoms with Gasteiger partial charge in [-0.15, -0.1) is 0 Å². The van der Waals surface area contributed by atoms with Gasteiger partial charge in [0, 0.05) is 10.5 Å². The zero-order valence-corrected chi connectivity index (χ0v) is 11.5. The van der Waals surface area contributed by atoms with E-state index in [4.69, 9.17) is 14.3 Å². The Balaban J connectivity index is 2.16. The lowest BCUT2D eigenvalue weighted by atomic mass is 10.2. The Morgan fingerprint density at radius 2 is 2.20 bits per heavy atom. The van der Waals surface area contributed by atoms with E-state index in [0.29, 0.717) is 4.47 Å². The summed E-state index contributed by atoms with van der Waals surface area (Å²) in [5, 5.41) is 19.6. The molecule has 1 aromatic heterocycles. The summed E-state index contributed by atoms with van der Waals surface area (Å²) in [5.41, 5.74) is -0.137. The molecule has 0 fully saturated rings. The Hall–Kier alpha value is -2.35. The normalized spacial score (nSPS) is 10.2. The van der Waals surface area contributed by atoms with Crippen molar-refractivity contribution < 1.29 is 24.0 Å². The number of carboxylic acid groups (broad SMARTS) is 1. The van der Waals surface area contributed by atoms with E-state index in [-0.39, 0.29) is 29.4 Å². The number of nitro benzene ring substituents is 1. The molecule has 1 N–H and O–H groups in total. The number of furan rings is 1. The molecule has 2 aromatic rings. The van der Waals surface area contributed by atoms with Gasteiger partial charge in [-0.3, -0.25) is 10.1 Å². The number of rotatable bonds is 5. The predicted octanol–water partition coefficient (Wildman–Crippen LogP) is 3.23. The van der Waals surface area contributed by atoms with Crippen LogP contribution in [0.4, 0.5) is 5.69 Å². The van der Waals surface area contributed by atoms with Crippen LogP contribution in [0.3, 0.4) is 0 Å². The van der Waals surface area contributed by atoms with Gasteiger partial charge < -0.3 is 14.3 Å². The van der Waals surface area contributed by atoms with Gasteiger partial charge in [-0.2, -0.15) is 0 Å². The second-order valence-electron chi connectivity index (χ2n) is 3.75. The van der Waals surface area contributed by atoms with Gasteiger partial charge in [0.15, 0.2) is 5.76 Å². The highest BCUT2D eigenvalue weighted by Gasteiger charge is 2.15. The third kappa shape index (κ3) is 3.15. The molecule has 0 bridgehead atoms. The molecule has 0 aliphatic rings. The van der Waals surface area contributed by atoms with Gasteiger partial charge in [-0.05, 0) is 12.1 Å². The summed E-state index contributed by atoms with van der Waals surface area (Å²) in [7, 11) is 0. The Bertz CT molecular complexity index is 666. The maximum Gasteiger partial charge on any atom is 0.339 e. The molecule has 2 rings (SSSR count). The monoisotopic (exact) mass is 341 g/mol. The third-order valence-corrected chi connectivity index (χ3v) is 2.87. The maximum atomic E-state index is 10.9. The van der Waals surface area contributed by atoms with Crippen molar-refractivity contribution in [1.29, 1.82) is 0 Å². The number of hydrogen-bond acceptors (Lipinski definition) is 5. The molecule has 104 valence electrons. The van der Waals surface area contributed by atoms with Crippen molar-refractivity contribution in [2.45, 2.75) is 6.61 Å². The van der Waals surface area contributed by atoms with Crippen molar-refractivity contribution in [1.82, 2.24) is 0 Å².